The van der Waals surface area contributed by atoms with Gasteiger partial charge in [-0.3, -0.25) is 4.79 Å². The van der Waals surface area contributed by atoms with Gasteiger partial charge in [-0.05, 0) is 49.5 Å². The molecule has 0 radical (unpaired) electrons. The van der Waals surface area contributed by atoms with Crippen molar-refractivity contribution < 1.29 is 9.18 Å². The Morgan fingerprint density at radius 3 is 2.60 bits per heavy atom. The molecule has 1 saturated heterocycles. The second kappa shape index (κ2) is 6.35. The molecule has 1 aliphatic heterocycles. The molecule has 4 heteroatoms. The van der Waals surface area contributed by atoms with Gasteiger partial charge in [-0.15, -0.1) is 0 Å². The zero-order valence-corrected chi connectivity index (χ0v) is 13.7. The zero-order chi connectivity index (χ0) is 14.8. The number of ketones is 1. The van der Waals surface area contributed by atoms with Gasteiger partial charge in [0.25, 0.3) is 0 Å². The van der Waals surface area contributed by atoms with Crippen LogP contribution in [0.15, 0.2) is 22.7 Å². The topological polar surface area (TPSA) is 20.3 Å². The van der Waals surface area contributed by atoms with Crippen molar-refractivity contribution in [3.8, 4) is 0 Å². The van der Waals surface area contributed by atoms with Crippen molar-refractivity contribution in [1.82, 2.24) is 4.90 Å². The van der Waals surface area contributed by atoms with Crippen LogP contribution in [0, 0.1) is 11.2 Å². The quantitative estimate of drug-likeness (QED) is 0.761. The van der Waals surface area contributed by atoms with Crippen LogP contribution >= 0.6 is 15.9 Å². The molecule has 0 saturated carbocycles. The van der Waals surface area contributed by atoms with Crippen molar-refractivity contribution in [1.29, 1.82) is 0 Å². The van der Waals surface area contributed by atoms with Crippen molar-refractivity contribution >= 4 is 21.7 Å². The molecule has 0 spiro atoms. The van der Waals surface area contributed by atoms with Crippen LogP contribution in [0.4, 0.5) is 4.39 Å². The summed E-state index contributed by atoms with van der Waals surface area (Å²) >= 11 is 3.20. The smallest absolute Gasteiger partial charge is 0.167 e. The first-order valence-corrected chi connectivity index (χ1v) is 7.87. The average molecular weight is 342 g/mol. The second-order valence-corrected chi connectivity index (χ2v) is 7.22. The van der Waals surface area contributed by atoms with Crippen molar-refractivity contribution in [2.24, 2.45) is 5.41 Å². The summed E-state index contributed by atoms with van der Waals surface area (Å²) in [5, 5.41) is 0. The van der Waals surface area contributed by atoms with Crippen molar-refractivity contribution in [3.63, 3.8) is 0 Å². The van der Waals surface area contributed by atoms with Crippen LogP contribution in [-0.4, -0.2) is 30.3 Å². The predicted octanol–water partition coefficient (Wildman–Crippen LogP) is 4.28. The maximum atomic E-state index is 13.7. The van der Waals surface area contributed by atoms with E-state index in [0.717, 1.165) is 32.5 Å². The number of hydrogen-bond acceptors (Lipinski definition) is 2. The predicted molar refractivity (Wildman–Crippen MR) is 82.5 cm³/mol. The van der Waals surface area contributed by atoms with Crippen LogP contribution in [0.3, 0.4) is 0 Å². The first kappa shape index (κ1) is 15.6. The lowest BCUT2D eigenvalue weighted by Gasteiger charge is -2.36. The SMILES string of the molecule is CC1(C)CCN(CCC(=O)c2ccc(Br)cc2F)CC1. The molecule has 0 aliphatic carbocycles. The third kappa shape index (κ3) is 4.13. The number of carbonyl (C=O) groups is 1. The van der Waals surface area contributed by atoms with Crippen molar-refractivity contribution in [2.45, 2.75) is 33.1 Å². The van der Waals surface area contributed by atoms with Gasteiger partial charge in [-0.1, -0.05) is 29.8 Å². The highest BCUT2D eigenvalue weighted by Gasteiger charge is 2.25. The van der Waals surface area contributed by atoms with Crippen molar-refractivity contribution in [3.05, 3.63) is 34.1 Å². The highest BCUT2D eigenvalue weighted by molar-refractivity contribution is 9.10. The van der Waals surface area contributed by atoms with Crippen molar-refractivity contribution in [2.75, 3.05) is 19.6 Å². The molecule has 20 heavy (non-hydrogen) atoms. The van der Waals surface area contributed by atoms with Crippen LogP contribution < -0.4 is 0 Å². The Bertz CT molecular complexity index is 491. The standard InChI is InChI=1S/C16H21BrFNO/c1-16(2)6-9-19(10-7-16)8-5-15(20)13-4-3-12(17)11-14(13)18/h3-4,11H,5-10H2,1-2H3. The lowest BCUT2D eigenvalue weighted by Crippen LogP contribution is -2.38. The Morgan fingerprint density at radius 2 is 2.00 bits per heavy atom. The molecule has 1 heterocycles. The van der Waals surface area contributed by atoms with Gasteiger partial charge in [0.15, 0.2) is 5.78 Å². The number of nitrogens with zero attached hydrogens (tertiary/aromatic N) is 1. The molecule has 0 aromatic heterocycles. The minimum atomic E-state index is -0.441. The third-order valence-corrected chi connectivity index (χ3v) is 4.59. The molecule has 1 aromatic carbocycles. The fourth-order valence-electron chi connectivity index (χ4n) is 2.49. The molecule has 0 atom stereocenters. The second-order valence-electron chi connectivity index (χ2n) is 6.30. The lowest BCUT2D eigenvalue weighted by molar-refractivity contribution is 0.0923. The normalized spacial score (nSPS) is 19.0. The molecule has 2 rings (SSSR count). The maximum absolute atomic E-state index is 13.7. The molecule has 0 amide bonds. The number of rotatable bonds is 4. The molecule has 2 nitrogen and oxygen atoms in total. The highest BCUT2D eigenvalue weighted by Crippen LogP contribution is 2.29. The van der Waals surface area contributed by atoms with Gasteiger partial charge < -0.3 is 4.90 Å². The first-order chi connectivity index (χ1) is 9.37. The Balaban J connectivity index is 1.87. The number of likely N-dealkylation sites (tertiary alicyclic amines) is 1. The van der Waals surface area contributed by atoms with Crippen LogP contribution in [0.5, 0.6) is 0 Å². The van der Waals surface area contributed by atoms with E-state index in [1.807, 2.05) is 0 Å². The molecule has 1 aliphatic rings. The molecular weight excluding hydrogens is 321 g/mol. The number of carbonyl (C=O) groups excluding carboxylic acids is 1. The minimum absolute atomic E-state index is 0.111. The van der Waals surface area contributed by atoms with E-state index < -0.39 is 5.82 Å². The maximum Gasteiger partial charge on any atom is 0.167 e. The van der Waals surface area contributed by atoms with E-state index in [2.05, 4.69) is 34.7 Å². The summed E-state index contributed by atoms with van der Waals surface area (Å²) in [5.74, 6) is -0.552. The molecule has 1 aromatic rings. The largest absolute Gasteiger partial charge is 0.303 e. The highest BCUT2D eigenvalue weighted by atomic mass is 79.9. The first-order valence-electron chi connectivity index (χ1n) is 7.08. The van der Waals surface area contributed by atoms with Gasteiger partial charge in [-0.25, -0.2) is 4.39 Å². The van der Waals surface area contributed by atoms with E-state index in [9.17, 15) is 9.18 Å². The summed E-state index contributed by atoms with van der Waals surface area (Å²) in [6.07, 6.45) is 2.71. The van der Waals surface area contributed by atoms with Crippen LogP contribution in [0.1, 0.15) is 43.5 Å². The lowest BCUT2D eigenvalue weighted by atomic mass is 9.82. The van der Waals surface area contributed by atoms with Gasteiger partial charge in [0.2, 0.25) is 0 Å². The van der Waals surface area contributed by atoms with Crippen LogP contribution in [0.25, 0.3) is 0 Å². The Hall–Kier alpha value is -0.740. The molecule has 1 fully saturated rings. The number of halogens is 2. The van der Waals surface area contributed by atoms with Crippen LogP contribution in [0.2, 0.25) is 0 Å². The van der Waals surface area contributed by atoms with Gasteiger partial charge in [-0.2, -0.15) is 0 Å². The average Bonchev–Trinajstić information content (AvgIpc) is 2.37. The monoisotopic (exact) mass is 341 g/mol. The molecule has 110 valence electrons. The summed E-state index contributed by atoms with van der Waals surface area (Å²) < 4.78 is 14.4. The van der Waals surface area contributed by atoms with Gasteiger partial charge in [0.05, 0.1) is 5.56 Å². The minimum Gasteiger partial charge on any atom is -0.303 e. The Kier molecular flexibility index (Phi) is 4.97. The number of hydrogen-bond donors (Lipinski definition) is 0. The van der Waals surface area contributed by atoms with Gasteiger partial charge in [0.1, 0.15) is 5.82 Å². The fourth-order valence-corrected chi connectivity index (χ4v) is 2.83. The Morgan fingerprint density at radius 1 is 1.35 bits per heavy atom. The zero-order valence-electron chi connectivity index (χ0n) is 12.1. The van der Waals surface area contributed by atoms with Crippen LogP contribution in [-0.2, 0) is 0 Å². The molecular formula is C16H21BrFNO. The number of piperidine rings is 1. The summed E-state index contributed by atoms with van der Waals surface area (Å²) in [5.41, 5.74) is 0.615. The summed E-state index contributed by atoms with van der Waals surface area (Å²) in [6.45, 7) is 7.36. The third-order valence-electron chi connectivity index (χ3n) is 4.10. The van der Waals surface area contributed by atoms with E-state index in [1.165, 1.54) is 6.07 Å². The summed E-state index contributed by atoms with van der Waals surface area (Å²) in [7, 11) is 0. The van der Waals surface area contributed by atoms with Gasteiger partial charge >= 0.3 is 0 Å². The summed E-state index contributed by atoms with van der Waals surface area (Å²) in [6, 6.07) is 4.61. The molecule has 0 unspecified atom stereocenters. The van der Waals surface area contributed by atoms with E-state index in [0.29, 0.717) is 16.3 Å². The van der Waals surface area contributed by atoms with Gasteiger partial charge in [0, 0.05) is 17.4 Å². The molecule has 0 N–H and O–H groups in total. The summed E-state index contributed by atoms with van der Waals surface area (Å²) in [4.78, 5) is 14.4. The van der Waals surface area contributed by atoms with E-state index in [1.54, 1.807) is 12.1 Å². The number of Topliss-reactive ketones (excluding diaryl/α,β-unsaturated/α-hetero) is 1. The fraction of sp³-hybridized carbons (Fsp3) is 0.562. The van der Waals surface area contributed by atoms with E-state index in [-0.39, 0.29) is 11.3 Å². The van der Waals surface area contributed by atoms with E-state index in [4.69, 9.17) is 0 Å². The number of benzene rings is 1. The Labute approximate surface area is 128 Å². The molecule has 0 bridgehead atoms. The van der Waals surface area contributed by atoms with E-state index >= 15 is 0 Å².